The van der Waals surface area contributed by atoms with Crippen LogP contribution in [0.5, 0.6) is 0 Å². The van der Waals surface area contributed by atoms with Gasteiger partial charge in [0.2, 0.25) is 0 Å². The maximum atomic E-state index is 13.2. The van der Waals surface area contributed by atoms with E-state index in [1.54, 1.807) is 4.90 Å². The van der Waals surface area contributed by atoms with Gasteiger partial charge in [0, 0.05) is 6.54 Å². The molecule has 6 heteroatoms. The van der Waals surface area contributed by atoms with Crippen LogP contribution in [0.2, 0.25) is 0 Å². The SMILES string of the molecule is NC(=O)N1CCc2ccccc2C1(c1ccc(C(F)(F)F)cc1)C1CCCCC1. The molecule has 29 heavy (non-hydrogen) atoms. The molecule has 4 rings (SSSR count). The first-order valence-corrected chi connectivity index (χ1v) is 10.2. The number of carbonyl (C=O) groups is 1. The van der Waals surface area contributed by atoms with E-state index >= 15 is 0 Å². The topological polar surface area (TPSA) is 46.3 Å². The number of alkyl halides is 3. The van der Waals surface area contributed by atoms with Crippen molar-refractivity contribution in [3.05, 3.63) is 70.8 Å². The Balaban J connectivity index is 1.96. The van der Waals surface area contributed by atoms with Gasteiger partial charge >= 0.3 is 12.2 Å². The molecule has 154 valence electrons. The fourth-order valence-electron chi connectivity index (χ4n) is 5.37. The number of hydrogen-bond donors (Lipinski definition) is 1. The third kappa shape index (κ3) is 3.28. The van der Waals surface area contributed by atoms with Crippen molar-refractivity contribution < 1.29 is 18.0 Å². The quantitative estimate of drug-likeness (QED) is 0.712. The number of nitrogens with two attached hydrogens (primary N) is 1. The maximum Gasteiger partial charge on any atom is 0.416 e. The number of amides is 2. The average molecular weight is 402 g/mol. The van der Waals surface area contributed by atoms with Gasteiger partial charge in [0.05, 0.1) is 11.1 Å². The van der Waals surface area contributed by atoms with Gasteiger partial charge in [-0.2, -0.15) is 13.2 Å². The molecule has 0 saturated heterocycles. The second-order valence-corrected chi connectivity index (χ2v) is 8.07. The van der Waals surface area contributed by atoms with Crippen molar-refractivity contribution in [3.8, 4) is 0 Å². The zero-order valence-electron chi connectivity index (χ0n) is 16.2. The molecule has 2 aromatic carbocycles. The van der Waals surface area contributed by atoms with Crippen LogP contribution < -0.4 is 5.73 Å². The van der Waals surface area contributed by atoms with Crippen molar-refractivity contribution in [2.45, 2.75) is 50.2 Å². The van der Waals surface area contributed by atoms with E-state index in [2.05, 4.69) is 6.07 Å². The molecular formula is C23H25F3N2O. The molecule has 1 atom stereocenters. The Morgan fingerprint density at radius 1 is 1.00 bits per heavy atom. The van der Waals surface area contributed by atoms with E-state index in [1.807, 2.05) is 18.2 Å². The molecule has 2 amide bonds. The zero-order valence-corrected chi connectivity index (χ0v) is 16.2. The van der Waals surface area contributed by atoms with Gasteiger partial charge < -0.3 is 10.6 Å². The summed E-state index contributed by atoms with van der Waals surface area (Å²) in [7, 11) is 0. The summed E-state index contributed by atoms with van der Waals surface area (Å²) < 4.78 is 39.5. The van der Waals surface area contributed by atoms with E-state index < -0.39 is 23.3 Å². The minimum Gasteiger partial charge on any atom is -0.351 e. The summed E-state index contributed by atoms with van der Waals surface area (Å²) in [6.07, 6.45) is 1.35. The maximum absolute atomic E-state index is 13.2. The normalized spacial score (nSPS) is 22.9. The molecule has 1 aliphatic heterocycles. The highest BCUT2D eigenvalue weighted by Gasteiger charge is 2.51. The molecule has 1 aliphatic carbocycles. The van der Waals surface area contributed by atoms with Crippen molar-refractivity contribution in [1.82, 2.24) is 4.90 Å². The lowest BCUT2D eigenvalue weighted by molar-refractivity contribution is -0.137. The van der Waals surface area contributed by atoms with E-state index in [-0.39, 0.29) is 5.92 Å². The van der Waals surface area contributed by atoms with Gasteiger partial charge in [-0.1, -0.05) is 55.7 Å². The first kappa shape index (κ1) is 19.8. The Bertz CT molecular complexity index is 888. The van der Waals surface area contributed by atoms with Crippen LogP contribution in [0.25, 0.3) is 0 Å². The van der Waals surface area contributed by atoms with Crippen LogP contribution in [0.1, 0.15) is 54.4 Å². The minimum atomic E-state index is -4.40. The Kier molecular flexibility index (Phi) is 5.05. The predicted octanol–water partition coefficient (Wildman–Crippen LogP) is 5.47. The second kappa shape index (κ2) is 7.39. The van der Waals surface area contributed by atoms with Crippen molar-refractivity contribution in [2.24, 2.45) is 11.7 Å². The Labute approximate surface area is 168 Å². The van der Waals surface area contributed by atoms with Gasteiger partial charge in [0.15, 0.2) is 0 Å². The number of fused-ring (bicyclic) bond motifs is 1. The van der Waals surface area contributed by atoms with Gasteiger partial charge in [0.1, 0.15) is 0 Å². The van der Waals surface area contributed by atoms with Crippen molar-refractivity contribution in [2.75, 3.05) is 6.54 Å². The predicted molar refractivity (Wildman–Crippen MR) is 105 cm³/mol. The van der Waals surface area contributed by atoms with Gasteiger partial charge in [-0.3, -0.25) is 0 Å². The van der Waals surface area contributed by atoms with Crippen LogP contribution in [0.15, 0.2) is 48.5 Å². The summed E-state index contributed by atoms with van der Waals surface area (Å²) in [5, 5.41) is 0. The number of urea groups is 1. The summed E-state index contributed by atoms with van der Waals surface area (Å²) in [5.41, 5.74) is 7.18. The van der Waals surface area contributed by atoms with E-state index in [0.29, 0.717) is 18.5 Å². The van der Waals surface area contributed by atoms with Crippen molar-refractivity contribution in [1.29, 1.82) is 0 Å². The molecule has 0 spiro atoms. The van der Waals surface area contributed by atoms with E-state index in [1.165, 1.54) is 12.1 Å². The molecule has 2 N–H and O–H groups in total. The lowest BCUT2D eigenvalue weighted by Crippen LogP contribution is -2.59. The van der Waals surface area contributed by atoms with Crippen molar-refractivity contribution >= 4 is 6.03 Å². The molecular weight excluding hydrogens is 377 g/mol. The molecule has 1 fully saturated rings. The van der Waals surface area contributed by atoms with Gasteiger partial charge in [-0.05, 0) is 54.0 Å². The minimum absolute atomic E-state index is 0.113. The van der Waals surface area contributed by atoms with Crippen LogP contribution in [-0.4, -0.2) is 17.5 Å². The monoisotopic (exact) mass is 402 g/mol. The van der Waals surface area contributed by atoms with Gasteiger partial charge in [-0.15, -0.1) is 0 Å². The molecule has 1 saturated carbocycles. The molecule has 0 radical (unpaired) electrons. The highest BCUT2D eigenvalue weighted by atomic mass is 19.4. The number of benzene rings is 2. The standard InChI is InChI=1S/C23H25F3N2O/c24-23(25,26)19-12-10-18(11-13-19)22(17-7-2-1-3-8-17)20-9-5-4-6-16(20)14-15-28(22)21(27)29/h4-6,9-13,17H,1-3,7-8,14-15H2,(H2,27,29). The Morgan fingerprint density at radius 3 is 2.28 bits per heavy atom. The van der Waals surface area contributed by atoms with Gasteiger partial charge in [0.25, 0.3) is 0 Å². The smallest absolute Gasteiger partial charge is 0.351 e. The first-order chi connectivity index (χ1) is 13.8. The first-order valence-electron chi connectivity index (χ1n) is 10.2. The lowest BCUT2D eigenvalue weighted by Gasteiger charge is -2.53. The summed E-state index contributed by atoms with van der Waals surface area (Å²) in [4.78, 5) is 14.3. The van der Waals surface area contributed by atoms with Crippen molar-refractivity contribution in [3.63, 3.8) is 0 Å². The lowest BCUT2D eigenvalue weighted by atomic mass is 9.64. The molecule has 2 aromatic rings. The number of halogens is 3. The highest BCUT2D eigenvalue weighted by Crippen LogP contribution is 2.51. The number of hydrogen-bond acceptors (Lipinski definition) is 1. The second-order valence-electron chi connectivity index (χ2n) is 8.07. The largest absolute Gasteiger partial charge is 0.416 e. The third-order valence-electron chi connectivity index (χ3n) is 6.57. The summed E-state index contributed by atoms with van der Waals surface area (Å²) in [5.74, 6) is 0.113. The summed E-state index contributed by atoms with van der Waals surface area (Å²) in [6.45, 7) is 0.462. The summed E-state index contributed by atoms with van der Waals surface area (Å²) in [6, 6.07) is 12.8. The molecule has 0 aromatic heterocycles. The highest BCUT2D eigenvalue weighted by molar-refractivity contribution is 5.75. The Morgan fingerprint density at radius 2 is 1.66 bits per heavy atom. The van der Waals surface area contributed by atoms with Crippen LogP contribution in [-0.2, 0) is 18.1 Å². The number of nitrogens with zero attached hydrogens (tertiary/aromatic N) is 1. The van der Waals surface area contributed by atoms with E-state index in [0.717, 1.165) is 55.4 Å². The fraction of sp³-hybridized carbons (Fsp3) is 0.435. The van der Waals surface area contributed by atoms with Gasteiger partial charge in [-0.25, -0.2) is 4.79 Å². The van der Waals surface area contributed by atoms with Crippen LogP contribution in [0.4, 0.5) is 18.0 Å². The van der Waals surface area contributed by atoms with Crippen LogP contribution in [0.3, 0.4) is 0 Å². The average Bonchev–Trinajstić information content (AvgIpc) is 2.73. The number of rotatable bonds is 2. The van der Waals surface area contributed by atoms with Crippen LogP contribution >= 0.6 is 0 Å². The third-order valence-corrected chi connectivity index (χ3v) is 6.57. The van der Waals surface area contributed by atoms with E-state index in [4.69, 9.17) is 5.73 Å². The molecule has 1 heterocycles. The molecule has 1 unspecified atom stereocenters. The number of carbonyl (C=O) groups excluding carboxylic acids is 1. The molecule has 3 nitrogen and oxygen atoms in total. The fourth-order valence-corrected chi connectivity index (χ4v) is 5.37. The Hall–Kier alpha value is -2.50. The molecule has 0 bridgehead atoms. The van der Waals surface area contributed by atoms with Crippen LogP contribution in [0, 0.1) is 5.92 Å². The zero-order chi connectivity index (χ0) is 20.6. The summed E-state index contributed by atoms with van der Waals surface area (Å²) >= 11 is 0. The van der Waals surface area contributed by atoms with E-state index in [9.17, 15) is 18.0 Å². The number of primary amides is 1. The molecule has 2 aliphatic rings.